The number of hydrogen-bond acceptors (Lipinski definition) is 5. The Balaban J connectivity index is 1.45. The standard InChI is InChI=1S/C16H18N4OS/c21-16(13-5-3-7-17-13)20-10-8-19(9-11-20)15-12-4-1-2-6-14(12)22-18-15/h1-6,13,17H,7-11H2/t13-/m1/s1. The van der Waals surface area contributed by atoms with Gasteiger partial charge in [-0.25, -0.2) is 0 Å². The summed E-state index contributed by atoms with van der Waals surface area (Å²) >= 11 is 1.54. The smallest absolute Gasteiger partial charge is 0.243 e. The fourth-order valence-electron chi connectivity index (χ4n) is 3.07. The molecule has 0 unspecified atom stereocenters. The molecule has 0 spiro atoms. The Labute approximate surface area is 133 Å². The molecule has 0 bridgehead atoms. The first-order valence-corrected chi connectivity index (χ1v) is 8.38. The van der Waals surface area contributed by atoms with Crippen molar-refractivity contribution < 1.29 is 4.79 Å². The van der Waals surface area contributed by atoms with Gasteiger partial charge in [0.1, 0.15) is 11.9 Å². The summed E-state index contributed by atoms with van der Waals surface area (Å²) in [5, 5.41) is 4.41. The Bertz CT molecular complexity index is 718. The van der Waals surface area contributed by atoms with Gasteiger partial charge in [0, 0.05) is 38.1 Å². The van der Waals surface area contributed by atoms with Crippen LogP contribution in [0.4, 0.5) is 5.82 Å². The normalized spacial score (nSPS) is 21.7. The molecule has 1 amide bonds. The van der Waals surface area contributed by atoms with E-state index in [0.717, 1.165) is 38.5 Å². The lowest BCUT2D eigenvalue weighted by Gasteiger charge is -2.36. The summed E-state index contributed by atoms with van der Waals surface area (Å²) in [5.74, 6) is 1.25. The molecule has 114 valence electrons. The molecule has 1 saturated heterocycles. The molecule has 4 rings (SSSR count). The Hall–Kier alpha value is -1.92. The highest BCUT2D eigenvalue weighted by molar-refractivity contribution is 7.13. The number of carbonyl (C=O) groups is 1. The maximum atomic E-state index is 12.4. The second kappa shape index (κ2) is 5.70. The number of nitrogens with zero attached hydrogens (tertiary/aromatic N) is 3. The Morgan fingerprint density at radius 3 is 2.82 bits per heavy atom. The van der Waals surface area contributed by atoms with Crippen LogP contribution >= 0.6 is 11.5 Å². The van der Waals surface area contributed by atoms with Gasteiger partial charge in [-0.15, -0.1) is 0 Å². The van der Waals surface area contributed by atoms with Gasteiger partial charge in [0.05, 0.1) is 4.70 Å². The number of nitrogens with one attached hydrogen (secondary N) is 1. The van der Waals surface area contributed by atoms with Crippen molar-refractivity contribution in [3.63, 3.8) is 0 Å². The minimum absolute atomic E-state index is 0.133. The summed E-state index contributed by atoms with van der Waals surface area (Å²) in [7, 11) is 0. The van der Waals surface area contributed by atoms with Crippen molar-refractivity contribution in [3.05, 3.63) is 36.4 Å². The average molecular weight is 314 g/mol. The van der Waals surface area contributed by atoms with Crippen molar-refractivity contribution in [3.8, 4) is 0 Å². The third-order valence-corrected chi connectivity index (χ3v) is 5.12. The van der Waals surface area contributed by atoms with Gasteiger partial charge in [-0.2, -0.15) is 4.37 Å². The second-order valence-electron chi connectivity index (χ2n) is 5.63. The first kappa shape index (κ1) is 13.7. The van der Waals surface area contributed by atoms with E-state index in [1.165, 1.54) is 10.1 Å². The van der Waals surface area contributed by atoms with Crippen molar-refractivity contribution in [2.75, 3.05) is 37.6 Å². The Morgan fingerprint density at radius 2 is 2.05 bits per heavy atom. The minimum atomic E-state index is -0.133. The lowest BCUT2D eigenvalue weighted by molar-refractivity contribution is -0.132. The van der Waals surface area contributed by atoms with E-state index in [-0.39, 0.29) is 11.9 Å². The molecule has 0 radical (unpaired) electrons. The highest BCUT2D eigenvalue weighted by atomic mass is 32.1. The summed E-state index contributed by atoms with van der Waals surface area (Å²) in [6.45, 7) is 4.00. The van der Waals surface area contributed by atoms with Crippen molar-refractivity contribution in [2.24, 2.45) is 0 Å². The number of anilines is 1. The van der Waals surface area contributed by atoms with Gasteiger partial charge in [-0.3, -0.25) is 10.1 Å². The van der Waals surface area contributed by atoms with Crippen LogP contribution in [-0.2, 0) is 4.79 Å². The first-order valence-electron chi connectivity index (χ1n) is 7.61. The van der Waals surface area contributed by atoms with E-state index in [9.17, 15) is 4.79 Å². The van der Waals surface area contributed by atoms with E-state index in [1.807, 2.05) is 23.1 Å². The summed E-state index contributed by atoms with van der Waals surface area (Å²) in [6, 6.07) is 8.20. The molecule has 5 nitrogen and oxygen atoms in total. The molecule has 1 fully saturated rings. The average Bonchev–Trinajstić information content (AvgIpc) is 3.24. The lowest BCUT2D eigenvalue weighted by atomic mass is 10.2. The zero-order chi connectivity index (χ0) is 14.9. The Kier molecular flexibility index (Phi) is 3.56. The molecule has 2 aliphatic rings. The number of aromatic nitrogens is 1. The number of rotatable bonds is 2. The van der Waals surface area contributed by atoms with Gasteiger partial charge in [-0.05, 0) is 23.7 Å². The van der Waals surface area contributed by atoms with E-state index in [0.29, 0.717) is 0 Å². The second-order valence-corrected chi connectivity index (χ2v) is 6.43. The monoisotopic (exact) mass is 314 g/mol. The number of fused-ring (bicyclic) bond motifs is 1. The van der Waals surface area contributed by atoms with Crippen LogP contribution in [0.1, 0.15) is 0 Å². The predicted molar refractivity (Wildman–Crippen MR) is 89.3 cm³/mol. The molecule has 2 aliphatic heterocycles. The number of amides is 1. The van der Waals surface area contributed by atoms with Crippen LogP contribution in [0, 0.1) is 0 Å². The predicted octanol–water partition coefficient (Wildman–Crippen LogP) is 1.47. The highest BCUT2D eigenvalue weighted by Gasteiger charge is 2.28. The summed E-state index contributed by atoms with van der Waals surface area (Å²) in [5.41, 5.74) is 0. The summed E-state index contributed by atoms with van der Waals surface area (Å²) < 4.78 is 5.83. The maximum absolute atomic E-state index is 12.4. The molecule has 6 heteroatoms. The van der Waals surface area contributed by atoms with E-state index >= 15 is 0 Å². The molecule has 22 heavy (non-hydrogen) atoms. The van der Waals surface area contributed by atoms with Crippen LogP contribution < -0.4 is 10.2 Å². The fraction of sp³-hybridized carbons (Fsp3) is 0.375. The van der Waals surface area contributed by atoms with Crippen molar-refractivity contribution in [1.82, 2.24) is 14.6 Å². The van der Waals surface area contributed by atoms with E-state index in [4.69, 9.17) is 0 Å². The summed E-state index contributed by atoms with van der Waals surface area (Å²) in [6.07, 6.45) is 3.98. The molecule has 2 aromatic rings. The molecule has 3 heterocycles. The fourth-order valence-corrected chi connectivity index (χ4v) is 3.87. The molecule has 1 N–H and O–H groups in total. The number of carbonyl (C=O) groups excluding carboxylic acids is 1. The van der Waals surface area contributed by atoms with Gasteiger partial charge in [0.25, 0.3) is 0 Å². The van der Waals surface area contributed by atoms with Gasteiger partial charge in [0.2, 0.25) is 5.91 Å². The van der Waals surface area contributed by atoms with Gasteiger partial charge in [0.15, 0.2) is 0 Å². The van der Waals surface area contributed by atoms with Crippen LogP contribution in [0.2, 0.25) is 0 Å². The van der Waals surface area contributed by atoms with Crippen LogP contribution in [0.3, 0.4) is 0 Å². The van der Waals surface area contributed by atoms with E-state index in [1.54, 1.807) is 11.5 Å². The maximum Gasteiger partial charge on any atom is 0.243 e. The quantitative estimate of drug-likeness (QED) is 0.853. The zero-order valence-corrected chi connectivity index (χ0v) is 13.1. The molecule has 1 aromatic heterocycles. The third kappa shape index (κ3) is 2.38. The number of benzene rings is 1. The highest BCUT2D eigenvalue weighted by Crippen LogP contribution is 2.29. The third-order valence-electron chi connectivity index (χ3n) is 4.30. The van der Waals surface area contributed by atoms with Crippen LogP contribution in [-0.4, -0.2) is 53.9 Å². The van der Waals surface area contributed by atoms with E-state index in [2.05, 4.69) is 32.8 Å². The van der Waals surface area contributed by atoms with Crippen molar-refractivity contribution >= 4 is 33.3 Å². The Morgan fingerprint density at radius 1 is 1.23 bits per heavy atom. The van der Waals surface area contributed by atoms with E-state index < -0.39 is 0 Å². The van der Waals surface area contributed by atoms with Crippen molar-refractivity contribution in [1.29, 1.82) is 0 Å². The van der Waals surface area contributed by atoms with Crippen LogP contribution in [0.15, 0.2) is 36.4 Å². The van der Waals surface area contributed by atoms with Gasteiger partial charge < -0.3 is 9.80 Å². The lowest BCUT2D eigenvalue weighted by Crippen LogP contribution is -2.53. The SMILES string of the molecule is O=C([C@H]1C=CCN1)N1CCN(c2nsc3ccccc23)CC1. The largest absolute Gasteiger partial charge is 0.352 e. The zero-order valence-electron chi connectivity index (χ0n) is 12.2. The molecular weight excluding hydrogens is 296 g/mol. The molecule has 0 saturated carbocycles. The number of piperazine rings is 1. The van der Waals surface area contributed by atoms with Gasteiger partial charge >= 0.3 is 0 Å². The first-order chi connectivity index (χ1) is 10.8. The molecule has 1 aromatic carbocycles. The van der Waals surface area contributed by atoms with Gasteiger partial charge in [-0.1, -0.05) is 24.3 Å². The number of hydrogen-bond donors (Lipinski definition) is 1. The minimum Gasteiger partial charge on any atom is -0.352 e. The summed E-state index contributed by atoms with van der Waals surface area (Å²) in [4.78, 5) is 16.6. The van der Waals surface area contributed by atoms with Crippen molar-refractivity contribution in [2.45, 2.75) is 6.04 Å². The van der Waals surface area contributed by atoms with Crippen LogP contribution in [0.25, 0.3) is 10.1 Å². The molecule has 0 aliphatic carbocycles. The van der Waals surface area contributed by atoms with Crippen LogP contribution in [0.5, 0.6) is 0 Å². The molecular formula is C16H18N4OS. The molecule has 1 atom stereocenters. The topological polar surface area (TPSA) is 48.5 Å².